The van der Waals surface area contributed by atoms with Gasteiger partial charge in [-0.05, 0) is 48.3 Å². The third kappa shape index (κ3) is 1.53. The van der Waals surface area contributed by atoms with Gasteiger partial charge in [-0.2, -0.15) is 0 Å². The summed E-state index contributed by atoms with van der Waals surface area (Å²) in [5.41, 5.74) is 0. The van der Waals surface area contributed by atoms with Gasteiger partial charge in [0.2, 0.25) is 0 Å². The Bertz CT molecular complexity index is 176. The third-order valence-electron chi connectivity index (χ3n) is 4.75. The Morgan fingerprint density at radius 3 is 1.85 bits per heavy atom. The van der Waals surface area contributed by atoms with Crippen LogP contribution in [0.5, 0.6) is 0 Å². The molecule has 0 radical (unpaired) electrons. The standard InChI is InChI=1S/C13H24/c1-5-11(12-7-8(12)2)13-9(3)6-10(13)4/h8-13H,5-7H2,1-4H3. The lowest BCUT2D eigenvalue weighted by Crippen LogP contribution is -2.39. The zero-order chi connectivity index (χ0) is 9.59. The SMILES string of the molecule is CCC(C1CC1C)C1C(C)CC1C. The number of rotatable bonds is 3. The van der Waals surface area contributed by atoms with Crippen molar-refractivity contribution in [2.45, 2.75) is 47.0 Å². The normalized spacial score (nSPS) is 51.2. The average molecular weight is 180 g/mol. The largest absolute Gasteiger partial charge is 0.0651 e. The van der Waals surface area contributed by atoms with Crippen LogP contribution >= 0.6 is 0 Å². The first-order chi connectivity index (χ1) is 6.15. The number of hydrogen-bond donors (Lipinski definition) is 0. The lowest BCUT2D eigenvalue weighted by atomic mass is 9.59. The minimum absolute atomic E-state index is 1.02. The van der Waals surface area contributed by atoms with Crippen molar-refractivity contribution in [2.24, 2.45) is 35.5 Å². The van der Waals surface area contributed by atoms with E-state index in [1.165, 1.54) is 19.3 Å². The molecule has 76 valence electrons. The van der Waals surface area contributed by atoms with Gasteiger partial charge < -0.3 is 0 Å². The van der Waals surface area contributed by atoms with Gasteiger partial charge in [-0.25, -0.2) is 0 Å². The molecule has 5 unspecified atom stereocenters. The van der Waals surface area contributed by atoms with Crippen molar-refractivity contribution in [3.8, 4) is 0 Å². The fourth-order valence-corrected chi connectivity index (χ4v) is 3.92. The second-order valence-corrected chi connectivity index (χ2v) is 5.72. The molecule has 0 spiro atoms. The first-order valence-electron chi connectivity index (χ1n) is 6.15. The number of hydrogen-bond acceptors (Lipinski definition) is 0. The molecule has 2 rings (SSSR count). The van der Waals surface area contributed by atoms with Gasteiger partial charge >= 0.3 is 0 Å². The van der Waals surface area contributed by atoms with Gasteiger partial charge in [-0.3, -0.25) is 0 Å². The zero-order valence-electron chi connectivity index (χ0n) is 9.59. The summed E-state index contributed by atoms with van der Waals surface area (Å²) >= 11 is 0. The summed E-state index contributed by atoms with van der Waals surface area (Å²) in [5, 5.41) is 0. The van der Waals surface area contributed by atoms with Crippen molar-refractivity contribution in [1.82, 2.24) is 0 Å². The topological polar surface area (TPSA) is 0 Å². The van der Waals surface area contributed by atoms with Crippen LogP contribution in [0.3, 0.4) is 0 Å². The molecule has 0 bridgehead atoms. The Morgan fingerprint density at radius 1 is 1.00 bits per heavy atom. The molecule has 0 heterocycles. The highest BCUT2D eigenvalue weighted by Gasteiger charge is 2.48. The van der Waals surface area contributed by atoms with Crippen molar-refractivity contribution in [3.05, 3.63) is 0 Å². The van der Waals surface area contributed by atoms with E-state index < -0.39 is 0 Å². The van der Waals surface area contributed by atoms with E-state index in [0.29, 0.717) is 0 Å². The van der Waals surface area contributed by atoms with Crippen LogP contribution in [-0.4, -0.2) is 0 Å². The lowest BCUT2D eigenvalue weighted by Gasteiger charge is -2.46. The zero-order valence-corrected chi connectivity index (χ0v) is 9.59. The maximum absolute atomic E-state index is 2.46. The van der Waals surface area contributed by atoms with Crippen LogP contribution < -0.4 is 0 Å². The maximum Gasteiger partial charge on any atom is -0.0331 e. The highest BCUT2D eigenvalue weighted by molar-refractivity contribution is 4.97. The fourth-order valence-electron chi connectivity index (χ4n) is 3.92. The molecule has 0 saturated heterocycles. The summed E-state index contributed by atoms with van der Waals surface area (Å²) in [4.78, 5) is 0. The van der Waals surface area contributed by atoms with Gasteiger partial charge in [0.25, 0.3) is 0 Å². The highest BCUT2D eigenvalue weighted by Crippen LogP contribution is 2.55. The summed E-state index contributed by atoms with van der Waals surface area (Å²) in [6.45, 7) is 9.75. The van der Waals surface area contributed by atoms with Gasteiger partial charge in [0.05, 0.1) is 0 Å². The van der Waals surface area contributed by atoms with Crippen molar-refractivity contribution < 1.29 is 0 Å². The van der Waals surface area contributed by atoms with Gasteiger partial charge in [-0.1, -0.05) is 34.1 Å². The van der Waals surface area contributed by atoms with Crippen LogP contribution in [0.15, 0.2) is 0 Å². The summed E-state index contributed by atoms with van der Waals surface area (Å²) in [6.07, 6.45) is 4.44. The molecule has 5 atom stereocenters. The van der Waals surface area contributed by atoms with E-state index in [-0.39, 0.29) is 0 Å². The summed E-state index contributed by atoms with van der Waals surface area (Å²) < 4.78 is 0. The van der Waals surface area contributed by atoms with Crippen LogP contribution in [0.25, 0.3) is 0 Å². The predicted molar refractivity (Wildman–Crippen MR) is 57.5 cm³/mol. The van der Waals surface area contributed by atoms with E-state index in [9.17, 15) is 0 Å². The molecular weight excluding hydrogens is 156 g/mol. The Morgan fingerprint density at radius 2 is 1.54 bits per heavy atom. The van der Waals surface area contributed by atoms with Gasteiger partial charge in [0.1, 0.15) is 0 Å². The van der Waals surface area contributed by atoms with Crippen LogP contribution in [0.4, 0.5) is 0 Å². The second-order valence-electron chi connectivity index (χ2n) is 5.72. The van der Waals surface area contributed by atoms with Gasteiger partial charge in [-0.15, -0.1) is 0 Å². The van der Waals surface area contributed by atoms with E-state index in [4.69, 9.17) is 0 Å². The van der Waals surface area contributed by atoms with E-state index in [0.717, 1.165) is 35.5 Å². The van der Waals surface area contributed by atoms with Crippen molar-refractivity contribution >= 4 is 0 Å². The van der Waals surface area contributed by atoms with E-state index in [2.05, 4.69) is 27.7 Å². The minimum atomic E-state index is 1.02. The highest BCUT2D eigenvalue weighted by atomic mass is 14.5. The molecule has 0 nitrogen and oxygen atoms in total. The molecule has 0 aliphatic heterocycles. The van der Waals surface area contributed by atoms with Gasteiger partial charge in [0, 0.05) is 0 Å². The van der Waals surface area contributed by atoms with E-state index in [1.54, 1.807) is 0 Å². The molecular formula is C13H24. The Hall–Kier alpha value is 0. The van der Waals surface area contributed by atoms with E-state index in [1.807, 2.05) is 0 Å². The molecule has 0 N–H and O–H groups in total. The summed E-state index contributed by atoms with van der Waals surface area (Å²) in [7, 11) is 0. The second kappa shape index (κ2) is 3.29. The molecule has 13 heavy (non-hydrogen) atoms. The molecule has 0 amide bonds. The Balaban J connectivity index is 1.96. The first kappa shape index (κ1) is 9.55. The minimum Gasteiger partial charge on any atom is -0.0651 e. The Kier molecular flexibility index (Phi) is 2.42. The quantitative estimate of drug-likeness (QED) is 0.616. The molecule has 0 heteroatoms. The molecule has 0 aromatic heterocycles. The lowest BCUT2D eigenvalue weighted by molar-refractivity contribution is 0.0277. The first-order valence-corrected chi connectivity index (χ1v) is 6.15. The third-order valence-corrected chi connectivity index (χ3v) is 4.75. The Labute approximate surface area is 83.1 Å². The molecule has 0 aromatic carbocycles. The van der Waals surface area contributed by atoms with E-state index >= 15 is 0 Å². The molecule has 2 aliphatic carbocycles. The average Bonchev–Trinajstić information content (AvgIpc) is 2.78. The monoisotopic (exact) mass is 180 g/mol. The smallest absolute Gasteiger partial charge is 0.0331 e. The molecule has 2 aliphatic rings. The van der Waals surface area contributed by atoms with Crippen molar-refractivity contribution in [2.75, 3.05) is 0 Å². The maximum atomic E-state index is 2.46. The van der Waals surface area contributed by atoms with Crippen LogP contribution in [0.1, 0.15) is 47.0 Å². The van der Waals surface area contributed by atoms with Crippen molar-refractivity contribution in [1.29, 1.82) is 0 Å². The molecule has 2 saturated carbocycles. The van der Waals surface area contributed by atoms with Gasteiger partial charge in [0.15, 0.2) is 0 Å². The van der Waals surface area contributed by atoms with Crippen LogP contribution in [0, 0.1) is 35.5 Å². The summed E-state index contributed by atoms with van der Waals surface area (Å²) in [6, 6.07) is 0. The van der Waals surface area contributed by atoms with Crippen LogP contribution in [0.2, 0.25) is 0 Å². The predicted octanol–water partition coefficient (Wildman–Crippen LogP) is 3.96. The fraction of sp³-hybridized carbons (Fsp3) is 1.00. The molecule has 0 aromatic rings. The van der Waals surface area contributed by atoms with Crippen LogP contribution in [-0.2, 0) is 0 Å². The molecule has 2 fully saturated rings. The van der Waals surface area contributed by atoms with Crippen molar-refractivity contribution in [3.63, 3.8) is 0 Å². The summed E-state index contributed by atoms with van der Waals surface area (Å²) in [5.74, 6) is 6.32.